The van der Waals surface area contributed by atoms with Gasteiger partial charge in [0, 0.05) is 22.7 Å². The number of piperidine rings is 1. The molecule has 0 aromatic heterocycles. The Morgan fingerprint density at radius 2 is 1.78 bits per heavy atom. The van der Waals surface area contributed by atoms with Crippen molar-refractivity contribution in [1.82, 2.24) is 4.90 Å². The zero-order chi connectivity index (χ0) is 13.1. The van der Waals surface area contributed by atoms with Crippen LogP contribution in [-0.2, 0) is 0 Å². The zero-order valence-corrected chi connectivity index (χ0v) is 11.8. The molecule has 2 atom stereocenters. The highest BCUT2D eigenvalue weighted by molar-refractivity contribution is 6.30. The molecule has 1 fully saturated rings. The highest BCUT2D eigenvalue weighted by atomic mass is 35.5. The van der Waals surface area contributed by atoms with Crippen LogP contribution in [0.1, 0.15) is 43.5 Å². The van der Waals surface area contributed by atoms with Crippen LogP contribution in [-0.4, -0.2) is 29.3 Å². The first kappa shape index (κ1) is 13.6. The van der Waals surface area contributed by atoms with Crippen molar-refractivity contribution in [3.05, 3.63) is 34.9 Å². The van der Waals surface area contributed by atoms with Crippen molar-refractivity contribution in [2.24, 2.45) is 0 Å². The van der Waals surface area contributed by atoms with E-state index in [2.05, 4.69) is 18.7 Å². The molecule has 18 heavy (non-hydrogen) atoms. The second-order valence-corrected chi connectivity index (χ2v) is 5.67. The predicted octanol–water partition coefficient (Wildman–Crippen LogP) is 3.79. The number of hydrogen-bond acceptors (Lipinski definition) is 2. The van der Waals surface area contributed by atoms with Gasteiger partial charge in [0.25, 0.3) is 0 Å². The fourth-order valence-electron chi connectivity index (χ4n) is 2.68. The zero-order valence-electron chi connectivity index (χ0n) is 11.0. The molecule has 1 aliphatic heterocycles. The third kappa shape index (κ3) is 3.12. The molecule has 0 amide bonds. The molecule has 1 aromatic rings. The number of carbonyl (C=O) groups excluding carboxylic acids is 1. The summed E-state index contributed by atoms with van der Waals surface area (Å²) >= 11 is 5.83. The highest BCUT2D eigenvalue weighted by Gasteiger charge is 2.26. The SMILES string of the molecule is C[C@@H]1CCC[C@H](C)N1CC(=O)c1ccc(Cl)cc1. The number of likely N-dealkylation sites (tertiary alicyclic amines) is 1. The van der Waals surface area contributed by atoms with Crippen LogP contribution in [0.5, 0.6) is 0 Å². The molecule has 3 heteroatoms. The van der Waals surface area contributed by atoms with Gasteiger partial charge in [-0.05, 0) is 51.0 Å². The monoisotopic (exact) mass is 265 g/mol. The first-order valence-electron chi connectivity index (χ1n) is 6.62. The Morgan fingerprint density at radius 3 is 2.33 bits per heavy atom. The number of halogens is 1. The number of benzene rings is 1. The van der Waals surface area contributed by atoms with Gasteiger partial charge in [-0.15, -0.1) is 0 Å². The lowest BCUT2D eigenvalue weighted by Gasteiger charge is -2.38. The van der Waals surface area contributed by atoms with Crippen molar-refractivity contribution in [2.45, 2.75) is 45.2 Å². The lowest BCUT2D eigenvalue weighted by molar-refractivity contribution is 0.0734. The van der Waals surface area contributed by atoms with Crippen LogP contribution in [0.2, 0.25) is 5.02 Å². The van der Waals surface area contributed by atoms with Crippen molar-refractivity contribution in [2.75, 3.05) is 6.54 Å². The minimum absolute atomic E-state index is 0.187. The first-order valence-corrected chi connectivity index (χ1v) is 7.00. The minimum atomic E-state index is 0.187. The fraction of sp³-hybridized carbons (Fsp3) is 0.533. The summed E-state index contributed by atoms with van der Waals surface area (Å²) in [7, 11) is 0. The molecule has 1 saturated heterocycles. The van der Waals surface area contributed by atoms with Gasteiger partial charge in [0.2, 0.25) is 0 Å². The molecule has 0 bridgehead atoms. The van der Waals surface area contributed by atoms with E-state index in [4.69, 9.17) is 11.6 Å². The van der Waals surface area contributed by atoms with E-state index in [1.165, 1.54) is 19.3 Å². The summed E-state index contributed by atoms with van der Waals surface area (Å²) in [4.78, 5) is 14.6. The third-order valence-corrected chi connectivity index (χ3v) is 4.12. The Bertz CT molecular complexity index is 405. The molecule has 0 spiro atoms. The van der Waals surface area contributed by atoms with Gasteiger partial charge < -0.3 is 0 Å². The second-order valence-electron chi connectivity index (χ2n) is 5.23. The van der Waals surface area contributed by atoms with Crippen LogP contribution in [0, 0.1) is 0 Å². The molecule has 2 rings (SSSR count). The largest absolute Gasteiger partial charge is 0.293 e. The maximum absolute atomic E-state index is 12.2. The number of carbonyl (C=O) groups is 1. The molecule has 1 aliphatic rings. The normalized spacial score (nSPS) is 25.1. The van der Waals surface area contributed by atoms with Gasteiger partial charge in [-0.25, -0.2) is 0 Å². The smallest absolute Gasteiger partial charge is 0.176 e. The van der Waals surface area contributed by atoms with Gasteiger partial charge >= 0.3 is 0 Å². The number of ketones is 1. The van der Waals surface area contributed by atoms with E-state index in [-0.39, 0.29) is 5.78 Å². The van der Waals surface area contributed by atoms with E-state index in [1.807, 2.05) is 12.1 Å². The Balaban J connectivity index is 2.04. The van der Waals surface area contributed by atoms with Crippen molar-refractivity contribution in [3.63, 3.8) is 0 Å². The molecule has 0 unspecified atom stereocenters. The van der Waals surface area contributed by atoms with Gasteiger partial charge in [0.15, 0.2) is 5.78 Å². The molecule has 0 saturated carbocycles. The quantitative estimate of drug-likeness (QED) is 0.775. The molecule has 1 heterocycles. The van der Waals surface area contributed by atoms with Crippen LogP contribution in [0.3, 0.4) is 0 Å². The molecule has 98 valence electrons. The van der Waals surface area contributed by atoms with Gasteiger partial charge in [-0.3, -0.25) is 9.69 Å². The van der Waals surface area contributed by atoms with E-state index < -0.39 is 0 Å². The van der Waals surface area contributed by atoms with Crippen LogP contribution in [0.15, 0.2) is 24.3 Å². The Morgan fingerprint density at radius 1 is 1.22 bits per heavy atom. The first-order chi connectivity index (χ1) is 8.58. The summed E-state index contributed by atoms with van der Waals surface area (Å²) in [6, 6.07) is 8.18. The van der Waals surface area contributed by atoms with Gasteiger partial charge in [0.1, 0.15) is 0 Å². The van der Waals surface area contributed by atoms with Crippen LogP contribution in [0.25, 0.3) is 0 Å². The molecular weight excluding hydrogens is 246 g/mol. The molecule has 1 aromatic carbocycles. The summed E-state index contributed by atoms with van der Waals surface area (Å²) in [6.45, 7) is 4.94. The van der Waals surface area contributed by atoms with E-state index in [1.54, 1.807) is 12.1 Å². The third-order valence-electron chi connectivity index (χ3n) is 3.87. The molecule has 2 nitrogen and oxygen atoms in total. The number of nitrogens with zero attached hydrogens (tertiary/aromatic N) is 1. The van der Waals surface area contributed by atoms with Gasteiger partial charge in [0.05, 0.1) is 6.54 Å². The van der Waals surface area contributed by atoms with E-state index in [0.717, 1.165) is 5.56 Å². The molecule has 0 radical (unpaired) electrons. The fourth-order valence-corrected chi connectivity index (χ4v) is 2.81. The Labute approximate surface area is 114 Å². The summed E-state index contributed by atoms with van der Waals surface area (Å²) in [5.74, 6) is 0.187. The topological polar surface area (TPSA) is 20.3 Å². The number of hydrogen-bond donors (Lipinski definition) is 0. The van der Waals surface area contributed by atoms with Crippen molar-refractivity contribution in [3.8, 4) is 0 Å². The van der Waals surface area contributed by atoms with E-state index in [9.17, 15) is 4.79 Å². The maximum atomic E-state index is 12.2. The highest BCUT2D eigenvalue weighted by Crippen LogP contribution is 2.22. The lowest BCUT2D eigenvalue weighted by Crippen LogP contribution is -2.46. The van der Waals surface area contributed by atoms with Gasteiger partial charge in [-0.1, -0.05) is 18.0 Å². The van der Waals surface area contributed by atoms with Crippen molar-refractivity contribution in [1.29, 1.82) is 0 Å². The second kappa shape index (κ2) is 5.85. The van der Waals surface area contributed by atoms with Crippen molar-refractivity contribution < 1.29 is 4.79 Å². The standard InChI is InChI=1S/C15H20ClNO/c1-11-4-3-5-12(2)17(11)10-15(18)13-6-8-14(16)9-7-13/h6-9,11-12H,3-5,10H2,1-2H3/t11-,12+. The molecule has 0 N–H and O–H groups in total. The number of Topliss-reactive ketones (excluding diaryl/α,β-unsaturated/α-hetero) is 1. The maximum Gasteiger partial charge on any atom is 0.176 e. The van der Waals surface area contributed by atoms with Crippen molar-refractivity contribution >= 4 is 17.4 Å². The summed E-state index contributed by atoms with van der Waals surface area (Å²) in [5, 5.41) is 0.672. The van der Waals surface area contributed by atoms with E-state index >= 15 is 0 Å². The lowest BCUT2D eigenvalue weighted by atomic mass is 9.96. The summed E-state index contributed by atoms with van der Waals surface area (Å²) in [6.07, 6.45) is 3.66. The van der Waals surface area contributed by atoms with Crippen LogP contribution in [0.4, 0.5) is 0 Å². The predicted molar refractivity (Wildman–Crippen MR) is 75.3 cm³/mol. The van der Waals surface area contributed by atoms with E-state index in [0.29, 0.717) is 23.7 Å². The molecule has 0 aliphatic carbocycles. The minimum Gasteiger partial charge on any atom is -0.293 e. The van der Waals surface area contributed by atoms with Gasteiger partial charge in [-0.2, -0.15) is 0 Å². The average molecular weight is 266 g/mol. The number of rotatable bonds is 3. The average Bonchev–Trinajstić information content (AvgIpc) is 2.34. The van der Waals surface area contributed by atoms with Crippen LogP contribution >= 0.6 is 11.6 Å². The Hall–Kier alpha value is -0.860. The summed E-state index contributed by atoms with van der Waals surface area (Å²) < 4.78 is 0. The Kier molecular flexibility index (Phi) is 4.41. The summed E-state index contributed by atoms with van der Waals surface area (Å²) in [5.41, 5.74) is 0.754. The van der Waals surface area contributed by atoms with Crippen LogP contribution < -0.4 is 0 Å². The molecular formula is C15H20ClNO.